The number of rotatable bonds is 8. The van der Waals surface area contributed by atoms with Gasteiger partial charge in [-0.1, -0.05) is 72.8 Å². The molecule has 1 aromatic heterocycles. The molecule has 188 valence electrons. The number of nitrogens with one attached hydrogen (secondary N) is 3. The van der Waals surface area contributed by atoms with E-state index in [2.05, 4.69) is 25.9 Å². The van der Waals surface area contributed by atoms with Gasteiger partial charge in [-0.05, 0) is 47.3 Å². The lowest BCUT2D eigenvalue weighted by Gasteiger charge is -2.13. The Morgan fingerprint density at radius 3 is 2.42 bits per heavy atom. The van der Waals surface area contributed by atoms with Crippen LogP contribution >= 0.6 is 0 Å². The van der Waals surface area contributed by atoms with Gasteiger partial charge in [-0.2, -0.15) is 0 Å². The Bertz CT molecular complexity index is 1580. The van der Waals surface area contributed by atoms with E-state index in [0.717, 1.165) is 27.7 Å². The SMILES string of the molecule is O=C(Nc1cccc(Nc2ncccc2N=C(CO)Cc2ccccc2)c1)Nc1cccc2ccccc12. The number of aliphatic imine (C=N–C) groups is 1. The van der Waals surface area contributed by atoms with Crippen LogP contribution in [0.3, 0.4) is 0 Å². The Balaban J connectivity index is 1.30. The second-order valence-corrected chi connectivity index (χ2v) is 8.68. The molecule has 38 heavy (non-hydrogen) atoms. The van der Waals surface area contributed by atoms with Crippen molar-refractivity contribution >= 4 is 51.1 Å². The summed E-state index contributed by atoms with van der Waals surface area (Å²) in [6, 6.07) is 34.3. The van der Waals surface area contributed by atoms with Gasteiger partial charge in [0.05, 0.1) is 12.3 Å². The van der Waals surface area contributed by atoms with Crippen LogP contribution in [-0.4, -0.2) is 28.4 Å². The van der Waals surface area contributed by atoms with Crippen molar-refractivity contribution in [1.82, 2.24) is 4.98 Å². The number of fused-ring (bicyclic) bond motifs is 1. The molecule has 0 aliphatic rings. The molecule has 5 aromatic rings. The maximum absolute atomic E-state index is 12.8. The first-order valence-corrected chi connectivity index (χ1v) is 12.3. The van der Waals surface area contributed by atoms with Crippen LogP contribution in [0.1, 0.15) is 5.56 Å². The lowest BCUT2D eigenvalue weighted by atomic mass is 10.1. The summed E-state index contributed by atoms with van der Waals surface area (Å²) in [6.45, 7) is -0.158. The number of pyridine rings is 1. The fourth-order valence-electron chi connectivity index (χ4n) is 4.15. The molecular weight excluding hydrogens is 474 g/mol. The van der Waals surface area contributed by atoms with Crippen molar-refractivity contribution in [2.45, 2.75) is 6.42 Å². The molecule has 0 aliphatic carbocycles. The molecule has 0 unspecified atom stereocenters. The number of benzene rings is 4. The summed E-state index contributed by atoms with van der Waals surface area (Å²) in [5.74, 6) is 0.545. The van der Waals surface area contributed by atoms with Crippen molar-refractivity contribution in [2.24, 2.45) is 4.99 Å². The fraction of sp³-hybridized carbons (Fsp3) is 0.0645. The van der Waals surface area contributed by atoms with Crippen LogP contribution in [0.2, 0.25) is 0 Å². The third-order valence-corrected chi connectivity index (χ3v) is 5.92. The molecule has 0 bridgehead atoms. The standard InChI is InChI=1S/C31H27N5O2/c37-21-26(19-22-9-2-1-3-10-22)33-29-17-8-18-32-30(29)34-24-13-7-14-25(20-24)35-31(38)36-28-16-6-12-23-11-4-5-15-27(23)28/h1-18,20,37H,19,21H2,(H,32,34)(H2,35,36,38). The molecule has 0 saturated heterocycles. The van der Waals surface area contributed by atoms with Gasteiger partial charge >= 0.3 is 6.03 Å². The largest absolute Gasteiger partial charge is 0.390 e. The number of amides is 2. The average molecular weight is 502 g/mol. The van der Waals surface area contributed by atoms with Crippen molar-refractivity contribution in [3.63, 3.8) is 0 Å². The third-order valence-electron chi connectivity index (χ3n) is 5.92. The average Bonchev–Trinajstić information content (AvgIpc) is 2.94. The summed E-state index contributed by atoms with van der Waals surface area (Å²) in [4.78, 5) is 21.9. The Labute approximate surface area is 220 Å². The number of nitrogens with zero attached hydrogens (tertiary/aromatic N) is 2. The lowest BCUT2D eigenvalue weighted by molar-refractivity contribution is 0.262. The number of urea groups is 1. The van der Waals surface area contributed by atoms with Crippen LogP contribution in [-0.2, 0) is 6.42 Å². The van der Waals surface area contributed by atoms with E-state index >= 15 is 0 Å². The minimum atomic E-state index is -0.338. The van der Waals surface area contributed by atoms with Crippen molar-refractivity contribution in [3.8, 4) is 0 Å². The summed E-state index contributed by atoms with van der Waals surface area (Å²) >= 11 is 0. The molecule has 0 fully saturated rings. The number of aromatic nitrogens is 1. The van der Waals surface area contributed by atoms with Gasteiger partial charge in [0.2, 0.25) is 0 Å². The van der Waals surface area contributed by atoms with E-state index < -0.39 is 0 Å². The normalized spacial score (nSPS) is 11.2. The van der Waals surface area contributed by atoms with Crippen LogP contribution in [0.25, 0.3) is 10.8 Å². The number of anilines is 4. The first-order valence-electron chi connectivity index (χ1n) is 12.3. The molecular formula is C31H27N5O2. The van der Waals surface area contributed by atoms with E-state index in [1.165, 1.54) is 0 Å². The minimum absolute atomic E-state index is 0.158. The number of hydrogen-bond donors (Lipinski definition) is 4. The highest BCUT2D eigenvalue weighted by atomic mass is 16.3. The molecule has 7 heteroatoms. The van der Waals surface area contributed by atoms with Gasteiger partial charge in [0.1, 0.15) is 5.69 Å². The number of hydrogen-bond acceptors (Lipinski definition) is 5. The van der Waals surface area contributed by atoms with E-state index in [0.29, 0.717) is 29.3 Å². The van der Waals surface area contributed by atoms with Gasteiger partial charge in [-0.3, -0.25) is 4.99 Å². The van der Waals surface area contributed by atoms with E-state index in [9.17, 15) is 9.90 Å². The zero-order valence-electron chi connectivity index (χ0n) is 20.6. The molecule has 0 aliphatic heterocycles. The highest BCUT2D eigenvalue weighted by molar-refractivity contribution is 6.06. The van der Waals surface area contributed by atoms with Gasteiger partial charge < -0.3 is 21.1 Å². The quantitative estimate of drug-likeness (QED) is 0.173. The van der Waals surface area contributed by atoms with Gasteiger partial charge in [-0.25, -0.2) is 9.78 Å². The smallest absolute Gasteiger partial charge is 0.323 e. The summed E-state index contributed by atoms with van der Waals surface area (Å²) in [7, 11) is 0. The lowest BCUT2D eigenvalue weighted by Crippen LogP contribution is -2.19. The maximum atomic E-state index is 12.8. The number of carbonyl (C=O) groups is 1. The number of carbonyl (C=O) groups excluding carboxylic acids is 1. The monoisotopic (exact) mass is 501 g/mol. The molecule has 4 aromatic carbocycles. The minimum Gasteiger partial charge on any atom is -0.390 e. The molecule has 5 rings (SSSR count). The molecule has 1 heterocycles. The topological polar surface area (TPSA) is 98.6 Å². The Hall–Kier alpha value is -5.01. The van der Waals surface area contributed by atoms with Crippen molar-refractivity contribution in [1.29, 1.82) is 0 Å². The molecule has 0 spiro atoms. The summed E-state index contributed by atoms with van der Waals surface area (Å²) in [6.07, 6.45) is 2.22. The molecule has 0 radical (unpaired) electrons. The predicted molar refractivity (Wildman–Crippen MR) is 155 cm³/mol. The highest BCUT2D eigenvalue weighted by Crippen LogP contribution is 2.28. The molecule has 7 nitrogen and oxygen atoms in total. The van der Waals surface area contributed by atoms with Gasteiger partial charge in [-0.15, -0.1) is 0 Å². The van der Waals surface area contributed by atoms with Crippen LogP contribution < -0.4 is 16.0 Å². The van der Waals surface area contributed by atoms with Crippen molar-refractivity contribution in [2.75, 3.05) is 22.6 Å². The molecule has 0 saturated carbocycles. The van der Waals surface area contributed by atoms with E-state index in [1.54, 1.807) is 12.3 Å². The summed E-state index contributed by atoms with van der Waals surface area (Å²) in [5, 5.41) is 21.0. The molecule has 2 amide bonds. The Morgan fingerprint density at radius 1 is 0.789 bits per heavy atom. The first-order chi connectivity index (χ1) is 18.7. The van der Waals surface area contributed by atoms with Gasteiger partial charge in [0, 0.05) is 35.1 Å². The predicted octanol–water partition coefficient (Wildman–Crippen LogP) is 6.93. The zero-order valence-corrected chi connectivity index (χ0v) is 20.6. The van der Waals surface area contributed by atoms with E-state index in [1.807, 2.05) is 103 Å². The van der Waals surface area contributed by atoms with Gasteiger partial charge in [0.15, 0.2) is 5.82 Å². The Kier molecular flexibility index (Phi) is 7.67. The second kappa shape index (κ2) is 11.8. The fourth-order valence-corrected chi connectivity index (χ4v) is 4.15. The van der Waals surface area contributed by atoms with Gasteiger partial charge in [0.25, 0.3) is 0 Å². The summed E-state index contributed by atoms with van der Waals surface area (Å²) < 4.78 is 0. The second-order valence-electron chi connectivity index (χ2n) is 8.68. The van der Waals surface area contributed by atoms with E-state index in [4.69, 9.17) is 0 Å². The van der Waals surface area contributed by atoms with Crippen molar-refractivity contribution in [3.05, 3.63) is 121 Å². The summed E-state index contributed by atoms with van der Waals surface area (Å²) in [5.41, 5.74) is 4.40. The van der Waals surface area contributed by atoms with Crippen LogP contribution in [0.4, 0.5) is 33.4 Å². The van der Waals surface area contributed by atoms with Crippen LogP contribution in [0.5, 0.6) is 0 Å². The number of aliphatic hydroxyl groups is 1. The molecule has 4 N–H and O–H groups in total. The first kappa shape index (κ1) is 24.7. The highest BCUT2D eigenvalue weighted by Gasteiger charge is 2.09. The molecule has 0 atom stereocenters. The van der Waals surface area contributed by atoms with E-state index in [-0.39, 0.29) is 12.6 Å². The van der Waals surface area contributed by atoms with Crippen LogP contribution in [0.15, 0.2) is 120 Å². The Morgan fingerprint density at radius 2 is 1.55 bits per heavy atom. The van der Waals surface area contributed by atoms with Crippen LogP contribution in [0, 0.1) is 0 Å². The third kappa shape index (κ3) is 6.21. The maximum Gasteiger partial charge on any atom is 0.323 e. The number of aliphatic hydroxyl groups excluding tert-OH is 1. The van der Waals surface area contributed by atoms with Crippen molar-refractivity contribution < 1.29 is 9.90 Å². The zero-order chi connectivity index (χ0) is 26.2.